The van der Waals surface area contributed by atoms with Crippen molar-refractivity contribution in [2.45, 2.75) is 0 Å². The molecule has 0 unspecified atom stereocenters. The van der Waals surface area contributed by atoms with Gasteiger partial charge in [-0.3, -0.25) is 0 Å². The van der Waals surface area contributed by atoms with Crippen molar-refractivity contribution in [2.24, 2.45) is 0 Å². The van der Waals surface area contributed by atoms with Gasteiger partial charge in [-0.2, -0.15) is 0 Å². The molecule has 0 aliphatic carbocycles. The molecule has 0 aliphatic rings. The Hall–Kier alpha value is -1.06. The van der Waals surface area contributed by atoms with Crippen molar-refractivity contribution in [3.63, 3.8) is 0 Å². The van der Waals surface area contributed by atoms with Crippen molar-refractivity contribution in [3.8, 4) is 0 Å². The van der Waals surface area contributed by atoms with Crippen molar-refractivity contribution >= 4 is 0 Å². The van der Waals surface area contributed by atoms with Gasteiger partial charge in [0, 0.05) is 49.4 Å². The van der Waals surface area contributed by atoms with Gasteiger partial charge in [-0.1, -0.05) is 0 Å². The van der Waals surface area contributed by atoms with Gasteiger partial charge in [0.2, 0.25) is 0 Å². The molecule has 18 nitrogen and oxygen atoms in total. The van der Waals surface area contributed by atoms with Crippen LogP contribution in [0.2, 0.25) is 0 Å². The van der Waals surface area contributed by atoms with E-state index in [-0.39, 0.29) is 82.2 Å². The molecule has 19 heteroatoms. The zero-order chi connectivity index (χ0) is 10.7. The van der Waals surface area contributed by atoms with Gasteiger partial charge in [0.05, 0.1) is 0 Å². The molecule has 0 aromatic heterocycles. The van der Waals surface area contributed by atoms with E-state index in [4.69, 9.17) is 46.0 Å². The zero-order valence-corrected chi connectivity index (χ0v) is 10.9. The number of hydrogen-bond donors (Lipinski definition) is 3. The SMILES string of the molecule is O.O.O.O.O.O.O=[N+]([O-])O.O=[N+]([O-])O.O=[N+]([O-])O.[Eu]. The van der Waals surface area contributed by atoms with E-state index < -0.39 is 15.3 Å². The molecule has 127 valence electrons. The molecule has 0 amide bonds. The van der Waals surface area contributed by atoms with Crippen LogP contribution in [-0.4, -0.2) is 63.7 Å². The van der Waals surface area contributed by atoms with E-state index in [1.807, 2.05) is 0 Å². The Morgan fingerprint density at radius 3 is 0.526 bits per heavy atom. The van der Waals surface area contributed by atoms with Crippen molar-refractivity contribution in [2.75, 3.05) is 0 Å². The normalized spacial score (nSPS) is 3.79. The quantitative estimate of drug-likeness (QED) is 0.233. The molecule has 0 atom stereocenters. The minimum atomic E-state index is -1.50. The molecule has 0 saturated heterocycles. The van der Waals surface area contributed by atoms with E-state index in [9.17, 15) is 0 Å². The summed E-state index contributed by atoms with van der Waals surface area (Å²) in [5, 5.41) is 40.9. The summed E-state index contributed by atoms with van der Waals surface area (Å²) in [6.07, 6.45) is 0. The van der Waals surface area contributed by atoms with Crippen LogP contribution in [0.5, 0.6) is 0 Å². The molecule has 0 fully saturated rings. The molecule has 19 heavy (non-hydrogen) atoms. The molecule has 0 aliphatic heterocycles. The van der Waals surface area contributed by atoms with Crippen LogP contribution in [0, 0.1) is 79.7 Å². The van der Waals surface area contributed by atoms with Crippen LogP contribution in [0.15, 0.2) is 0 Å². The second kappa shape index (κ2) is 68.3. The first-order chi connectivity index (χ1) is 5.20. The summed E-state index contributed by atoms with van der Waals surface area (Å²) in [5.74, 6) is 0. The first kappa shape index (κ1) is 81.6. The summed E-state index contributed by atoms with van der Waals surface area (Å²) in [6.45, 7) is 0. The van der Waals surface area contributed by atoms with Crippen LogP contribution in [0.3, 0.4) is 0 Å². The summed E-state index contributed by atoms with van der Waals surface area (Å²) in [7, 11) is 0. The molecule has 0 spiro atoms. The maximum Gasteiger partial charge on any atom is 0.291 e. The fourth-order valence-electron chi connectivity index (χ4n) is 0. The Bertz CT molecular complexity index is 115. The summed E-state index contributed by atoms with van der Waals surface area (Å²) in [5.41, 5.74) is 0. The number of nitrogens with zero attached hydrogens (tertiary/aromatic N) is 3. The minimum absolute atomic E-state index is 0. The topological polar surface area (TPSA) is 379 Å². The maximum absolute atomic E-state index is 8.36. The molecule has 0 aromatic carbocycles. The molecule has 0 saturated carbocycles. The van der Waals surface area contributed by atoms with E-state index in [0.29, 0.717) is 0 Å². The molecule has 0 aromatic rings. The van der Waals surface area contributed by atoms with Crippen molar-refractivity contribution < 1.29 is 113 Å². The van der Waals surface area contributed by atoms with Gasteiger partial charge >= 0.3 is 0 Å². The van der Waals surface area contributed by atoms with Crippen LogP contribution >= 0.6 is 0 Å². The van der Waals surface area contributed by atoms with Gasteiger partial charge in [-0.15, -0.1) is 30.3 Å². The Labute approximate surface area is 143 Å². The van der Waals surface area contributed by atoms with Crippen LogP contribution in [0.25, 0.3) is 0 Å². The Morgan fingerprint density at radius 2 is 0.526 bits per heavy atom. The third-order valence-corrected chi connectivity index (χ3v) is 0. The summed E-state index contributed by atoms with van der Waals surface area (Å²) >= 11 is 0. The van der Waals surface area contributed by atoms with E-state index in [0.717, 1.165) is 0 Å². The van der Waals surface area contributed by atoms with Crippen molar-refractivity contribution in [1.29, 1.82) is 0 Å². The Morgan fingerprint density at radius 1 is 0.526 bits per heavy atom. The van der Waals surface area contributed by atoms with Crippen LogP contribution in [-0.2, 0) is 0 Å². The molecule has 1 radical (unpaired) electrons. The average molecular weight is 449 g/mol. The average Bonchev–Trinajstić information content (AvgIpc) is 1.54. The first-order valence-electron chi connectivity index (χ1n) is 1.70. The van der Waals surface area contributed by atoms with Gasteiger partial charge in [0.15, 0.2) is 0 Å². The fraction of sp³-hybridized carbons (Fsp3) is 0. The summed E-state index contributed by atoms with van der Waals surface area (Å²) in [6, 6.07) is 0. The van der Waals surface area contributed by atoms with Gasteiger partial charge in [-0.25, -0.2) is 0 Å². The third kappa shape index (κ3) is 3400. The van der Waals surface area contributed by atoms with Crippen molar-refractivity contribution in [3.05, 3.63) is 30.3 Å². The van der Waals surface area contributed by atoms with E-state index in [1.165, 1.54) is 0 Å². The number of hydrogen-bond acceptors (Lipinski definition) is 6. The molecule has 15 N–H and O–H groups in total. The Balaban J connectivity index is -0.00000000675. The fourth-order valence-corrected chi connectivity index (χ4v) is 0. The first-order valence-corrected chi connectivity index (χ1v) is 1.70. The van der Waals surface area contributed by atoms with E-state index in [1.54, 1.807) is 0 Å². The predicted octanol–water partition coefficient (Wildman–Crippen LogP) is -5.99. The molecule has 0 rings (SSSR count). The van der Waals surface area contributed by atoms with Gasteiger partial charge in [0.25, 0.3) is 15.3 Å². The van der Waals surface area contributed by atoms with Crippen molar-refractivity contribution in [1.82, 2.24) is 0 Å². The molecule has 0 bridgehead atoms. The number of rotatable bonds is 0. The van der Waals surface area contributed by atoms with Crippen LogP contribution in [0.4, 0.5) is 0 Å². The smallest absolute Gasteiger partial charge is 0.291 e. The summed E-state index contributed by atoms with van der Waals surface area (Å²) in [4.78, 5) is 25.1. The predicted molar refractivity (Wildman–Crippen MR) is 48.0 cm³/mol. The van der Waals surface area contributed by atoms with Gasteiger partial charge < -0.3 is 48.5 Å². The minimum Gasteiger partial charge on any atom is -0.412 e. The summed E-state index contributed by atoms with van der Waals surface area (Å²) < 4.78 is 0. The molecule has 0 heterocycles. The largest absolute Gasteiger partial charge is 0.412 e. The third-order valence-electron chi connectivity index (χ3n) is 0. The molecular weight excluding hydrogens is 434 g/mol. The van der Waals surface area contributed by atoms with Crippen LogP contribution < -0.4 is 0 Å². The molecular formula is H15EuN3O15. The van der Waals surface area contributed by atoms with Gasteiger partial charge in [0.1, 0.15) is 0 Å². The maximum atomic E-state index is 8.36. The van der Waals surface area contributed by atoms with Gasteiger partial charge in [-0.05, 0) is 0 Å². The zero-order valence-electron chi connectivity index (χ0n) is 8.51. The van der Waals surface area contributed by atoms with Crippen LogP contribution in [0.1, 0.15) is 0 Å². The van der Waals surface area contributed by atoms with E-state index in [2.05, 4.69) is 0 Å². The van der Waals surface area contributed by atoms with E-state index >= 15 is 0 Å². The second-order valence-corrected chi connectivity index (χ2v) is 0.714. The monoisotopic (exact) mass is 450 g/mol. The Kier molecular flexibility index (Phi) is 293. The standard InChI is InChI=1S/Eu.3HNO3.6H2O/c;3*2-1(3)4;;;;;;/h;3*(H,2,3,4);6*1H2. The second-order valence-electron chi connectivity index (χ2n) is 0.714.